The molecule has 132 valence electrons. The van der Waals surface area contributed by atoms with Gasteiger partial charge in [0.2, 0.25) is 0 Å². The smallest absolute Gasteiger partial charge is 0.317 e. The predicted octanol–water partition coefficient (Wildman–Crippen LogP) is -1.07. The molecule has 1 aliphatic heterocycles. The fourth-order valence-corrected chi connectivity index (χ4v) is 2.74. The van der Waals surface area contributed by atoms with Crippen LogP contribution in [0.5, 0.6) is 0 Å². The number of carbonyl (C=O) groups excluding carboxylic acids is 1. The van der Waals surface area contributed by atoms with Gasteiger partial charge in [0.25, 0.3) is 0 Å². The van der Waals surface area contributed by atoms with Crippen LogP contribution < -0.4 is 0 Å². The summed E-state index contributed by atoms with van der Waals surface area (Å²) < 4.78 is 0. The average molecular weight is 347 g/mol. The summed E-state index contributed by atoms with van der Waals surface area (Å²) in [7, 11) is -0.558. The maximum atomic E-state index is 11.9. The lowest BCUT2D eigenvalue weighted by Gasteiger charge is -2.24. The van der Waals surface area contributed by atoms with Crippen molar-refractivity contribution in [1.82, 2.24) is 14.7 Å². The van der Waals surface area contributed by atoms with E-state index in [1.807, 2.05) is 4.90 Å². The molecule has 0 spiro atoms. The highest BCUT2D eigenvalue weighted by molar-refractivity contribution is 8.26. The van der Waals surface area contributed by atoms with E-state index in [1.165, 1.54) is 0 Å². The van der Waals surface area contributed by atoms with Gasteiger partial charge in [-0.3, -0.25) is 29.1 Å². The van der Waals surface area contributed by atoms with Crippen molar-refractivity contribution in [3.63, 3.8) is 0 Å². The van der Waals surface area contributed by atoms with Crippen molar-refractivity contribution in [1.29, 1.82) is 0 Å². The molecule has 0 aliphatic carbocycles. The molecule has 2 N–H and O–H groups in total. The highest BCUT2D eigenvalue weighted by atomic mass is 32.2. The van der Waals surface area contributed by atoms with E-state index in [4.69, 9.17) is 10.2 Å². The van der Waals surface area contributed by atoms with Crippen LogP contribution in [0.2, 0.25) is 0 Å². The van der Waals surface area contributed by atoms with Crippen LogP contribution in [0.4, 0.5) is 0 Å². The lowest BCUT2D eigenvalue weighted by Crippen LogP contribution is -2.40. The van der Waals surface area contributed by atoms with Gasteiger partial charge in [-0.15, -0.1) is 10.5 Å². The summed E-state index contributed by atoms with van der Waals surface area (Å²) in [6.07, 6.45) is 1.77. The van der Waals surface area contributed by atoms with E-state index in [2.05, 4.69) is 5.87 Å². The number of hydrogen-bond acceptors (Lipinski definition) is 6. The first-order chi connectivity index (χ1) is 10.8. The zero-order valence-corrected chi connectivity index (χ0v) is 14.3. The third-order valence-corrected chi connectivity index (χ3v) is 4.56. The van der Waals surface area contributed by atoms with Crippen molar-refractivity contribution in [2.24, 2.45) is 0 Å². The summed E-state index contributed by atoms with van der Waals surface area (Å²) >= 11 is 0. The maximum absolute atomic E-state index is 11.9. The Balaban J connectivity index is 2.74. The molecule has 1 fully saturated rings. The SMILES string of the molecule is C=[S@](C)C(=O)CN1CCN(CC(=O)O)CCN(CC(=O)O)CC1. The van der Waals surface area contributed by atoms with E-state index in [1.54, 1.807) is 16.1 Å². The van der Waals surface area contributed by atoms with Crippen molar-refractivity contribution in [3.8, 4) is 0 Å². The summed E-state index contributed by atoms with van der Waals surface area (Å²) in [6, 6.07) is 0. The standard InChI is InChI=1S/C14H25N3O5S/c1-23(2)14(22)11-17-7-5-15(9-12(18)19)3-4-16(6-8-17)10-13(20)21/h1,3-11H2,2H3,(H,18,19)(H,20,21)/t23-/m1/s1. The van der Waals surface area contributed by atoms with Crippen LogP contribution >= 0.6 is 10.5 Å². The van der Waals surface area contributed by atoms with E-state index >= 15 is 0 Å². The Morgan fingerprint density at radius 2 is 1.13 bits per heavy atom. The lowest BCUT2D eigenvalue weighted by atomic mass is 10.4. The lowest BCUT2D eigenvalue weighted by molar-refractivity contribution is -0.140. The minimum atomic E-state index is -0.912. The molecule has 8 nitrogen and oxygen atoms in total. The fourth-order valence-electron chi connectivity index (χ4n) is 2.33. The monoisotopic (exact) mass is 347 g/mol. The summed E-state index contributed by atoms with van der Waals surface area (Å²) in [5.41, 5.74) is 0. The molecule has 0 aromatic rings. The van der Waals surface area contributed by atoms with Crippen molar-refractivity contribution in [3.05, 3.63) is 0 Å². The number of aliphatic carboxylic acids is 2. The van der Waals surface area contributed by atoms with Gasteiger partial charge in [0.1, 0.15) is 0 Å². The molecule has 0 saturated carbocycles. The predicted molar refractivity (Wildman–Crippen MR) is 90.2 cm³/mol. The molecule has 1 aliphatic rings. The number of carboxylic acids is 2. The molecule has 0 aromatic carbocycles. The minimum absolute atomic E-state index is 0.0545. The molecular formula is C14H25N3O5S. The van der Waals surface area contributed by atoms with Crippen LogP contribution in [0.3, 0.4) is 0 Å². The van der Waals surface area contributed by atoms with E-state index in [0.29, 0.717) is 39.3 Å². The Labute approximate surface area is 138 Å². The zero-order valence-electron chi connectivity index (χ0n) is 13.4. The van der Waals surface area contributed by atoms with Gasteiger partial charge >= 0.3 is 11.9 Å². The largest absolute Gasteiger partial charge is 0.480 e. The first-order valence-corrected chi connectivity index (χ1v) is 9.17. The highest BCUT2D eigenvalue weighted by Crippen LogP contribution is 2.07. The van der Waals surface area contributed by atoms with Gasteiger partial charge < -0.3 is 10.2 Å². The normalized spacial score (nSPS) is 20.2. The summed E-state index contributed by atoms with van der Waals surface area (Å²) in [5, 5.41) is 18.0. The van der Waals surface area contributed by atoms with Gasteiger partial charge in [-0.2, -0.15) is 0 Å². The highest BCUT2D eigenvalue weighted by Gasteiger charge is 2.20. The number of carbonyl (C=O) groups is 3. The molecule has 1 rings (SSSR count). The molecule has 1 atom stereocenters. The quantitative estimate of drug-likeness (QED) is 0.586. The first-order valence-electron chi connectivity index (χ1n) is 7.37. The second-order valence-electron chi connectivity index (χ2n) is 5.63. The van der Waals surface area contributed by atoms with Crippen LogP contribution in [0, 0.1) is 0 Å². The number of nitrogens with zero attached hydrogens (tertiary/aromatic N) is 3. The van der Waals surface area contributed by atoms with Crippen LogP contribution in [-0.2, 0) is 14.4 Å². The molecule has 1 heterocycles. The van der Waals surface area contributed by atoms with Crippen LogP contribution in [0.1, 0.15) is 0 Å². The second kappa shape index (κ2) is 9.76. The Morgan fingerprint density at radius 3 is 1.39 bits per heavy atom. The van der Waals surface area contributed by atoms with Crippen LogP contribution in [0.15, 0.2) is 0 Å². The van der Waals surface area contributed by atoms with E-state index in [9.17, 15) is 14.4 Å². The Hall–Kier alpha value is -1.29. The molecule has 0 bridgehead atoms. The molecular weight excluding hydrogens is 322 g/mol. The van der Waals surface area contributed by atoms with Gasteiger partial charge in [0, 0.05) is 39.3 Å². The van der Waals surface area contributed by atoms with Crippen molar-refractivity contribution >= 4 is 33.4 Å². The Morgan fingerprint density at radius 1 is 0.826 bits per heavy atom. The van der Waals surface area contributed by atoms with Crippen molar-refractivity contribution < 1.29 is 24.6 Å². The molecule has 23 heavy (non-hydrogen) atoms. The number of carboxylic acid groups (broad SMARTS) is 2. The maximum Gasteiger partial charge on any atom is 0.317 e. The van der Waals surface area contributed by atoms with E-state index in [0.717, 1.165) is 0 Å². The molecule has 0 radical (unpaired) electrons. The average Bonchev–Trinajstić information content (AvgIpc) is 2.51. The zero-order chi connectivity index (χ0) is 17.4. The fraction of sp³-hybridized carbons (Fsp3) is 0.714. The number of hydrogen-bond donors (Lipinski definition) is 2. The van der Waals surface area contributed by atoms with Crippen molar-refractivity contribution in [2.45, 2.75) is 0 Å². The van der Waals surface area contributed by atoms with Gasteiger partial charge in [-0.25, -0.2) is 0 Å². The summed E-state index contributed by atoms with van der Waals surface area (Å²) in [5.74, 6) is 1.92. The molecule has 0 aromatic heterocycles. The molecule has 9 heteroatoms. The summed E-state index contributed by atoms with van der Waals surface area (Å²) in [6.45, 7) is 3.32. The van der Waals surface area contributed by atoms with Crippen LogP contribution in [-0.4, -0.2) is 113 Å². The topological polar surface area (TPSA) is 101 Å². The van der Waals surface area contributed by atoms with Gasteiger partial charge in [0.15, 0.2) is 5.12 Å². The molecule has 0 amide bonds. The third-order valence-electron chi connectivity index (χ3n) is 3.66. The van der Waals surface area contributed by atoms with Crippen LogP contribution in [0.25, 0.3) is 0 Å². The Bertz CT molecular complexity index is 443. The van der Waals surface area contributed by atoms with E-state index < -0.39 is 22.4 Å². The number of rotatable bonds is 6. The van der Waals surface area contributed by atoms with E-state index in [-0.39, 0.29) is 24.7 Å². The first kappa shape index (κ1) is 19.8. The molecule has 1 saturated heterocycles. The minimum Gasteiger partial charge on any atom is -0.480 e. The van der Waals surface area contributed by atoms with Crippen molar-refractivity contribution in [2.75, 3.05) is 65.2 Å². The van der Waals surface area contributed by atoms with Gasteiger partial charge in [-0.1, -0.05) is 5.87 Å². The summed E-state index contributed by atoms with van der Waals surface area (Å²) in [4.78, 5) is 39.3. The molecule has 0 unspecified atom stereocenters. The van der Waals surface area contributed by atoms with Gasteiger partial charge in [-0.05, 0) is 6.26 Å². The Kier molecular flexibility index (Phi) is 8.38. The second-order valence-corrected chi connectivity index (χ2v) is 7.35. The van der Waals surface area contributed by atoms with Gasteiger partial charge in [0.05, 0.1) is 19.6 Å². The third kappa shape index (κ3) is 8.21.